The first-order chi connectivity index (χ1) is 5.65. The summed E-state index contributed by atoms with van der Waals surface area (Å²) < 4.78 is 0. The van der Waals surface area contributed by atoms with Crippen molar-refractivity contribution in [2.75, 3.05) is 0 Å². The zero-order valence-corrected chi connectivity index (χ0v) is 6.52. The van der Waals surface area contributed by atoms with Crippen LogP contribution in [0, 0.1) is 18.3 Å². The van der Waals surface area contributed by atoms with Gasteiger partial charge in [0.25, 0.3) is 0 Å². The fourth-order valence-corrected chi connectivity index (χ4v) is 0.855. The van der Waals surface area contributed by atoms with Crippen LogP contribution in [0.25, 0.3) is 0 Å². The molecule has 0 fully saturated rings. The Morgan fingerprint density at radius 3 is 2.67 bits per heavy atom. The molecule has 1 aromatic heterocycles. The van der Waals surface area contributed by atoms with Crippen LogP contribution in [-0.2, 0) is 0 Å². The van der Waals surface area contributed by atoms with Crippen LogP contribution < -0.4 is 5.46 Å². The minimum atomic E-state index is -1.52. The number of nitriles is 1. The third kappa shape index (κ3) is 1.61. The summed E-state index contributed by atoms with van der Waals surface area (Å²) in [5, 5.41) is 26.0. The monoisotopic (exact) mass is 162 g/mol. The van der Waals surface area contributed by atoms with Gasteiger partial charge in [0.2, 0.25) is 0 Å². The Morgan fingerprint density at radius 1 is 1.58 bits per heavy atom. The molecule has 60 valence electrons. The van der Waals surface area contributed by atoms with Gasteiger partial charge in [-0.15, -0.1) is 0 Å². The highest BCUT2D eigenvalue weighted by Crippen LogP contribution is 1.99. The lowest BCUT2D eigenvalue weighted by Gasteiger charge is -2.00. The van der Waals surface area contributed by atoms with E-state index in [0.29, 0.717) is 16.7 Å². The van der Waals surface area contributed by atoms with Gasteiger partial charge in [-0.25, -0.2) is 4.98 Å². The standard InChI is InChI=1S/C7H7BN2O2/c1-5-2-6(8(11)12)4-10-7(5)3-9/h2,4,11-12H,1H3. The second kappa shape index (κ2) is 3.35. The van der Waals surface area contributed by atoms with E-state index >= 15 is 0 Å². The normalized spacial score (nSPS) is 9.17. The Bertz CT molecular complexity index is 333. The van der Waals surface area contributed by atoms with E-state index in [1.54, 1.807) is 6.92 Å². The molecule has 1 rings (SSSR count). The molecule has 1 heterocycles. The van der Waals surface area contributed by atoms with Crippen molar-refractivity contribution in [3.8, 4) is 6.07 Å². The van der Waals surface area contributed by atoms with Crippen molar-refractivity contribution >= 4 is 12.6 Å². The van der Waals surface area contributed by atoms with Gasteiger partial charge in [-0.1, -0.05) is 6.07 Å². The number of hydrogen-bond donors (Lipinski definition) is 2. The molecule has 0 amide bonds. The van der Waals surface area contributed by atoms with Gasteiger partial charge >= 0.3 is 7.12 Å². The fraction of sp³-hybridized carbons (Fsp3) is 0.143. The Hall–Kier alpha value is -1.38. The number of hydrogen-bond acceptors (Lipinski definition) is 4. The Balaban J connectivity index is 3.12. The molecule has 0 bridgehead atoms. The SMILES string of the molecule is Cc1cc(B(O)O)cnc1C#N. The molecule has 0 aliphatic rings. The number of rotatable bonds is 1. The van der Waals surface area contributed by atoms with E-state index in [9.17, 15) is 0 Å². The van der Waals surface area contributed by atoms with Gasteiger partial charge in [0.05, 0.1) is 0 Å². The first-order valence-electron chi connectivity index (χ1n) is 3.38. The number of aromatic nitrogens is 1. The smallest absolute Gasteiger partial charge is 0.423 e. The van der Waals surface area contributed by atoms with Crippen LogP contribution in [0.3, 0.4) is 0 Å². The Labute approximate surface area is 70.3 Å². The van der Waals surface area contributed by atoms with E-state index in [0.717, 1.165) is 0 Å². The summed E-state index contributed by atoms with van der Waals surface area (Å²) >= 11 is 0. The first-order valence-corrected chi connectivity index (χ1v) is 3.38. The summed E-state index contributed by atoms with van der Waals surface area (Å²) in [5.74, 6) is 0. The lowest BCUT2D eigenvalue weighted by Crippen LogP contribution is -2.30. The van der Waals surface area contributed by atoms with Crippen molar-refractivity contribution in [2.24, 2.45) is 0 Å². The van der Waals surface area contributed by atoms with Crippen molar-refractivity contribution in [3.05, 3.63) is 23.5 Å². The predicted molar refractivity (Wildman–Crippen MR) is 43.5 cm³/mol. The van der Waals surface area contributed by atoms with E-state index in [2.05, 4.69) is 4.98 Å². The zero-order chi connectivity index (χ0) is 9.14. The predicted octanol–water partition coefficient (Wildman–Crippen LogP) is -1.06. The molecule has 5 heteroatoms. The van der Waals surface area contributed by atoms with Gasteiger partial charge in [-0.05, 0) is 12.5 Å². The fourth-order valence-electron chi connectivity index (χ4n) is 0.855. The summed E-state index contributed by atoms with van der Waals surface area (Å²) in [6, 6.07) is 3.41. The summed E-state index contributed by atoms with van der Waals surface area (Å²) in [5.41, 5.74) is 1.24. The summed E-state index contributed by atoms with van der Waals surface area (Å²) in [7, 11) is -1.52. The average Bonchev–Trinajstić information content (AvgIpc) is 2.04. The molecular weight excluding hydrogens is 155 g/mol. The molecule has 4 nitrogen and oxygen atoms in total. The summed E-state index contributed by atoms with van der Waals surface area (Å²) in [6.07, 6.45) is 1.27. The molecular formula is C7H7BN2O2. The molecule has 0 aliphatic heterocycles. The van der Waals surface area contributed by atoms with Crippen LogP contribution >= 0.6 is 0 Å². The largest absolute Gasteiger partial charge is 0.490 e. The van der Waals surface area contributed by atoms with Crippen LogP contribution in [0.4, 0.5) is 0 Å². The topological polar surface area (TPSA) is 77.1 Å². The number of pyridine rings is 1. The van der Waals surface area contributed by atoms with Gasteiger partial charge in [0.1, 0.15) is 11.8 Å². The van der Waals surface area contributed by atoms with Crippen molar-refractivity contribution in [1.82, 2.24) is 4.98 Å². The third-order valence-corrected chi connectivity index (χ3v) is 1.50. The van der Waals surface area contributed by atoms with E-state index in [4.69, 9.17) is 15.3 Å². The zero-order valence-electron chi connectivity index (χ0n) is 6.52. The van der Waals surface area contributed by atoms with Crippen LogP contribution in [0.15, 0.2) is 12.3 Å². The van der Waals surface area contributed by atoms with Crippen molar-refractivity contribution in [3.63, 3.8) is 0 Å². The maximum Gasteiger partial charge on any atom is 0.490 e. The minimum Gasteiger partial charge on any atom is -0.423 e. The van der Waals surface area contributed by atoms with Gasteiger partial charge in [0, 0.05) is 11.7 Å². The van der Waals surface area contributed by atoms with Crippen LogP contribution in [0.5, 0.6) is 0 Å². The molecule has 12 heavy (non-hydrogen) atoms. The van der Waals surface area contributed by atoms with E-state index in [1.807, 2.05) is 6.07 Å². The molecule has 0 unspecified atom stereocenters. The molecule has 0 spiro atoms. The van der Waals surface area contributed by atoms with Crippen molar-refractivity contribution < 1.29 is 10.0 Å². The number of aryl methyl sites for hydroxylation is 1. The van der Waals surface area contributed by atoms with E-state index < -0.39 is 7.12 Å². The maximum atomic E-state index is 8.74. The third-order valence-electron chi connectivity index (χ3n) is 1.50. The molecule has 0 saturated heterocycles. The van der Waals surface area contributed by atoms with E-state index in [1.165, 1.54) is 12.3 Å². The first kappa shape index (κ1) is 8.72. The summed E-state index contributed by atoms with van der Waals surface area (Å²) in [6.45, 7) is 1.69. The van der Waals surface area contributed by atoms with Gasteiger partial charge in [-0.3, -0.25) is 0 Å². The molecule has 1 aromatic rings. The highest BCUT2D eigenvalue weighted by molar-refractivity contribution is 6.58. The highest BCUT2D eigenvalue weighted by Gasteiger charge is 2.12. The molecule has 0 aromatic carbocycles. The van der Waals surface area contributed by atoms with Gasteiger partial charge < -0.3 is 10.0 Å². The van der Waals surface area contributed by atoms with Crippen LogP contribution in [0.2, 0.25) is 0 Å². The summed E-state index contributed by atoms with van der Waals surface area (Å²) in [4.78, 5) is 3.74. The maximum absolute atomic E-state index is 8.74. The average molecular weight is 162 g/mol. The number of nitrogens with zero attached hydrogens (tertiary/aromatic N) is 2. The molecule has 0 atom stereocenters. The Morgan fingerprint density at radius 2 is 2.25 bits per heavy atom. The molecule has 0 radical (unpaired) electrons. The quantitative estimate of drug-likeness (QED) is 0.516. The lowest BCUT2D eigenvalue weighted by atomic mass is 9.81. The second-order valence-corrected chi connectivity index (χ2v) is 2.42. The van der Waals surface area contributed by atoms with Crippen molar-refractivity contribution in [2.45, 2.75) is 6.92 Å². The molecule has 0 aliphatic carbocycles. The van der Waals surface area contributed by atoms with Crippen LogP contribution in [-0.4, -0.2) is 22.2 Å². The molecule has 0 saturated carbocycles. The Kier molecular flexibility index (Phi) is 2.43. The van der Waals surface area contributed by atoms with Crippen LogP contribution in [0.1, 0.15) is 11.3 Å². The van der Waals surface area contributed by atoms with Crippen molar-refractivity contribution in [1.29, 1.82) is 5.26 Å². The lowest BCUT2D eigenvalue weighted by molar-refractivity contribution is 0.425. The van der Waals surface area contributed by atoms with Gasteiger partial charge in [-0.2, -0.15) is 5.26 Å². The second-order valence-electron chi connectivity index (χ2n) is 2.42. The van der Waals surface area contributed by atoms with Gasteiger partial charge in [0.15, 0.2) is 0 Å². The van der Waals surface area contributed by atoms with E-state index in [-0.39, 0.29) is 0 Å². The molecule has 2 N–H and O–H groups in total. The highest BCUT2D eigenvalue weighted by atomic mass is 16.4. The minimum absolute atomic E-state index is 0.298.